The first-order chi connectivity index (χ1) is 7.47. The normalized spacial score (nSPS) is 23.8. The van der Waals surface area contributed by atoms with Crippen molar-refractivity contribution in [2.45, 2.75) is 31.1 Å². The Kier molecular flexibility index (Phi) is 4.69. The van der Waals surface area contributed by atoms with E-state index in [1.807, 2.05) is 0 Å². The van der Waals surface area contributed by atoms with Crippen LogP contribution in [0.4, 0.5) is 0 Å². The summed E-state index contributed by atoms with van der Waals surface area (Å²) in [6.07, 6.45) is 1.72. The topological polar surface area (TPSA) is 84.5 Å². The van der Waals surface area contributed by atoms with E-state index in [0.29, 0.717) is 6.54 Å². The molecule has 0 aromatic rings. The van der Waals surface area contributed by atoms with Crippen molar-refractivity contribution >= 4 is 16.0 Å². The zero-order valence-corrected chi connectivity index (χ0v) is 10.3. The van der Waals surface area contributed by atoms with E-state index in [0.717, 1.165) is 19.4 Å². The van der Waals surface area contributed by atoms with Gasteiger partial charge in [0.05, 0.1) is 7.11 Å². The molecule has 0 aromatic heterocycles. The number of methoxy groups -OCH3 is 1. The minimum atomic E-state index is -3.64. The fourth-order valence-corrected chi connectivity index (χ4v) is 2.80. The number of hydrogen-bond donors (Lipinski definition) is 2. The highest BCUT2D eigenvalue weighted by atomic mass is 32.2. The number of hydrogen-bond acceptors (Lipinski definition) is 5. The predicted molar refractivity (Wildman–Crippen MR) is 59.4 cm³/mol. The summed E-state index contributed by atoms with van der Waals surface area (Å²) in [7, 11) is -2.46. The van der Waals surface area contributed by atoms with Crippen LogP contribution in [0.3, 0.4) is 0 Å². The molecule has 0 radical (unpaired) electrons. The largest absolute Gasteiger partial charge is 0.468 e. The smallest absolute Gasteiger partial charge is 0.325 e. The second-order valence-electron chi connectivity index (χ2n) is 3.87. The molecule has 94 valence electrons. The van der Waals surface area contributed by atoms with E-state index in [2.05, 4.69) is 14.8 Å². The first-order valence-electron chi connectivity index (χ1n) is 5.27. The van der Waals surface area contributed by atoms with Crippen molar-refractivity contribution in [1.29, 1.82) is 0 Å². The minimum Gasteiger partial charge on any atom is -0.468 e. The predicted octanol–water partition coefficient (Wildman–Crippen LogP) is -0.781. The standard InChI is InChI=1S/C9H18N2O4S/c1-7(9(12)15-2)16(13,14)11-8-4-3-5-10-6-8/h7-8,10-11H,3-6H2,1-2H3/t7?,8-/m0/s1. The summed E-state index contributed by atoms with van der Waals surface area (Å²) in [5, 5.41) is 1.93. The molecule has 0 spiro atoms. The number of carbonyl (C=O) groups excluding carboxylic acids is 1. The van der Waals surface area contributed by atoms with Gasteiger partial charge in [0.1, 0.15) is 0 Å². The molecule has 0 bridgehead atoms. The summed E-state index contributed by atoms with van der Waals surface area (Å²) in [5.41, 5.74) is 0. The fraction of sp³-hybridized carbons (Fsp3) is 0.889. The Hall–Kier alpha value is -0.660. The molecular weight excluding hydrogens is 232 g/mol. The molecular formula is C9H18N2O4S. The molecule has 1 rings (SSSR count). The molecule has 2 atom stereocenters. The molecule has 1 unspecified atom stereocenters. The summed E-state index contributed by atoms with van der Waals surface area (Å²) < 4.78 is 30.5. The van der Waals surface area contributed by atoms with E-state index >= 15 is 0 Å². The van der Waals surface area contributed by atoms with Crippen molar-refractivity contribution in [2.24, 2.45) is 0 Å². The van der Waals surface area contributed by atoms with E-state index in [-0.39, 0.29) is 6.04 Å². The second kappa shape index (κ2) is 5.60. The summed E-state index contributed by atoms with van der Waals surface area (Å²) >= 11 is 0. The maximum atomic E-state index is 11.8. The van der Waals surface area contributed by atoms with Gasteiger partial charge in [-0.05, 0) is 26.3 Å². The van der Waals surface area contributed by atoms with Crippen molar-refractivity contribution < 1.29 is 17.9 Å². The number of sulfonamides is 1. The van der Waals surface area contributed by atoms with Crippen molar-refractivity contribution in [2.75, 3.05) is 20.2 Å². The van der Waals surface area contributed by atoms with E-state index in [4.69, 9.17) is 0 Å². The van der Waals surface area contributed by atoms with Crippen molar-refractivity contribution in [1.82, 2.24) is 10.0 Å². The first-order valence-corrected chi connectivity index (χ1v) is 6.81. The lowest BCUT2D eigenvalue weighted by Crippen LogP contribution is -2.49. The van der Waals surface area contributed by atoms with Gasteiger partial charge in [-0.3, -0.25) is 4.79 Å². The molecule has 1 aliphatic heterocycles. The van der Waals surface area contributed by atoms with Gasteiger partial charge in [0, 0.05) is 12.6 Å². The van der Waals surface area contributed by atoms with Gasteiger partial charge in [-0.1, -0.05) is 0 Å². The maximum Gasteiger partial charge on any atom is 0.325 e. The number of rotatable bonds is 4. The molecule has 0 saturated carbocycles. The zero-order valence-electron chi connectivity index (χ0n) is 9.52. The highest BCUT2D eigenvalue weighted by Gasteiger charge is 2.31. The van der Waals surface area contributed by atoms with E-state index in [9.17, 15) is 13.2 Å². The van der Waals surface area contributed by atoms with Crippen LogP contribution in [-0.4, -0.2) is 45.9 Å². The Morgan fingerprint density at radius 1 is 1.56 bits per heavy atom. The van der Waals surface area contributed by atoms with Crippen LogP contribution in [0.5, 0.6) is 0 Å². The van der Waals surface area contributed by atoms with E-state index in [1.165, 1.54) is 14.0 Å². The van der Waals surface area contributed by atoms with Crippen LogP contribution in [0, 0.1) is 0 Å². The molecule has 0 aliphatic carbocycles. The molecule has 0 aromatic carbocycles. The summed E-state index contributed by atoms with van der Waals surface area (Å²) in [4.78, 5) is 11.1. The van der Waals surface area contributed by atoms with Crippen molar-refractivity contribution in [3.05, 3.63) is 0 Å². The number of ether oxygens (including phenoxy) is 1. The van der Waals surface area contributed by atoms with Crippen LogP contribution in [0.1, 0.15) is 19.8 Å². The molecule has 16 heavy (non-hydrogen) atoms. The lowest BCUT2D eigenvalue weighted by molar-refractivity contribution is -0.139. The lowest BCUT2D eigenvalue weighted by Gasteiger charge is -2.24. The van der Waals surface area contributed by atoms with Crippen LogP contribution >= 0.6 is 0 Å². The van der Waals surface area contributed by atoms with Gasteiger partial charge in [0.2, 0.25) is 10.0 Å². The van der Waals surface area contributed by atoms with Gasteiger partial charge < -0.3 is 10.1 Å². The third kappa shape index (κ3) is 3.43. The Bertz CT molecular complexity index is 335. The molecule has 1 heterocycles. The summed E-state index contributed by atoms with van der Waals surface area (Å²) in [6, 6.07) is -0.133. The molecule has 1 aliphatic rings. The molecule has 1 saturated heterocycles. The van der Waals surface area contributed by atoms with E-state index in [1.54, 1.807) is 0 Å². The van der Waals surface area contributed by atoms with E-state index < -0.39 is 21.2 Å². The van der Waals surface area contributed by atoms with Gasteiger partial charge >= 0.3 is 5.97 Å². The van der Waals surface area contributed by atoms with Crippen molar-refractivity contribution in [3.8, 4) is 0 Å². The van der Waals surface area contributed by atoms with Crippen LogP contribution in [0.15, 0.2) is 0 Å². The lowest BCUT2D eigenvalue weighted by atomic mass is 10.1. The summed E-state index contributed by atoms with van der Waals surface area (Å²) in [6.45, 7) is 2.84. The van der Waals surface area contributed by atoms with Gasteiger partial charge in [0.25, 0.3) is 0 Å². The van der Waals surface area contributed by atoms with Crippen LogP contribution < -0.4 is 10.0 Å². The molecule has 0 amide bonds. The van der Waals surface area contributed by atoms with Gasteiger partial charge in [-0.15, -0.1) is 0 Å². The van der Waals surface area contributed by atoms with Crippen LogP contribution in [0.25, 0.3) is 0 Å². The Labute approximate surface area is 95.8 Å². The highest BCUT2D eigenvalue weighted by Crippen LogP contribution is 2.07. The highest BCUT2D eigenvalue weighted by molar-refractivity contribution is 7.90. The maximum absolute atomic E-state index is 11.8. The third-order valence-corrected chi connectivity index (χ3v) is 4.41. The third-order valence-electron chi connectivity index (χ3n) is 2.63. The van der Waals surface area contributed by atoms with Crippen molar-refractivity contribution in [3.63, 3.8) is 0 Å². The number of esters is 1. The molecule has 2 N–H and O–H groups in total. The van der Waals surface area contributed by atoms with Crippen LogP contribution in [-0.2, 0) is 19.6 Å². The number of nitrogens with one attached hydrogen (secondary N) is 2. The second-order valence-corrected chi connectivity index (χ2v) is 5.90. The van der Waals surface area contributed by atoms with Gasteiger partial charge in [-0.25, -0.2) is 13.1 Å². The zero-order chi connectivity index (χ0) is 12.2. The fourth-order valence-electron chi connectivity index (χ4n) is 1.58. The Morgan fingerprint density at radius 3 is 2.75 bits per heavy atom. The Morgan fingerprint density at radius 2 is 2.25 bits per heavy atom. The average Bonchev–Trinajstić information content (AvgIpc) is 2.27. The van der Waals surface area contributed by atoms with Gasteiger partial charge in [0.15, 0.2) is 5.25 Å². The first kappa shape index (κ1) is 13.4. The minimum absolute atomic E-state index is 0.133. The molecule has 1 fully saturated rings. The molecule has 7 heteroatoms. The molecule has 6 nitrogen and oxygen atoms in total. The van der Waals surface area contributed by atoms with Crippen LogP contribution in [0.2, 0.25) is 0 Å². The van der Waals surface area contributed by atoms with Gasteiger partial charge in [-0.2, -0.15) is 0 Å². The number of carbonyl (C=O) groups is 1. The summed E-state index contributed by atoms with van der Waals surface area (Å²) in [5.74, 6) is -0.740. The Balaban J connectivity index is 2.59. The monoisotopic (exact) mass is 250 g/mol. The quantitative estimate of drug-likeness (QED) is 0.639. The number of piperidine rings is 1. The average molecular weight is 250 g/mol. The SMILES string of the molecule is COC(=O)C(C)S(=O)(=O)N[C@H]1CCCNC1.